The first kappa shape index (κ1) is 21.3. The molecule has 0 heterocycles. The Hall–Kier alpha value is -3.39. The molecule has 3 aromatic rings. The number of halogens is 3. The number of para-hydroxylation sites is 1. The number of nitrogens with one attached hydrogen (secondary N) is 3. The van der Waals surface area contributed by atoms with Crippen molar-refractivity contribution >= 4 is 34.0 Å². The maximum absolute atomic E-state index is 13.0. The second-order valence-electron chi connectivity index (χ2n) is 6.98. The van der Waals surface area contributed by atoms with Crippen molar-refractivity contribution in [1.29, 1.82) is 0 Å². The van der Waals surface area contributed by atoms with E-state index in [1.807, 2.05) is 36.4 Å². The minimum absolute atomic E-state index is 0.0163. The highest BCUT2D eigenvalue weighted by molar-refractivity contribution is 6.02. The lowest BCUT2D eigenvalue weighted by Gasteiger charge is -2.16. The predicted molar refractivity (Wildman–Crippen MR) is 109 cm³/mol. The number of likely N-dealkylation sites (N-methyl/N-ethyl adjacent to an activating group) is 1. The molecular formula is C22H21F3N3O2+. The van der Waals surface area contributed by atoms with E-state index in [9.17, 15) is 22.8 Å². The van der Waals surface area contributed by atoms with Crippen LogP contribution in [0.2, 0.25) is 0 Å². The van der Waals surface area contributed by atoms with Gasteiger partial charge in [0, 0.05) is 11.1 Å². The van der Waals surface area contributed by atoms with Crippen LogP contribution in [0.3, 0.4) is 0 Å². The molecule has 1 unspecified atom stereocenters. The predicted octanol–water partition coefficient (Wildman–Crippen LogP) is 2.95. The molecule has 0 radical (unpaired) electrons. The molecule has 0 saturated heterocycles. The van der Waals surface area contributed by atoms with Gasteiger partial charge in [0.05, 0.1) is 18.3 Å². The van der Waals surface area contributed by atoms with Crippen LogP contribution in [0.1, 0.15) is 5.56 Å². The van der Waals surface area contributed by atoms with Gasteiger partial charge in [-0.05, 0) is 23.6 Å². The maximum Gasteiger partial charge on any atom is 0.418 e. The van der Waals surface area contributed by atoms with E-state index in [0.29, 0.717) is 10.6 Å². The van der Waals surface area contributed by atoms with E-state index in [2.05, 4.69) is 10.6 Å². The lowest BCUT2D eigenvalue weighted by atomic mass is 10.1. The van der Waals surface area contributed by atoms with Crippen molar-refractivity contribution < 1.29 is 27.7 Å². The highest BCUT2D eigenvalue weighted by Gasteiger charge is 2.33. The van der Waals surface area contributed by atoms with Gasteiger partial charge in [-0.25, -0.2) is 0 Å². The monoisotopic (exact) mass is 416 g/mol. The second-order valence-corrected chi connectivity index (χ2v) is 6.98. The third-order valence-electron chi connectivity index (χ3n) is 4.49. The molecular weight excluding hydrogens is 395 g/mol. The zero-order valence-corrected chi connectivity index (χ0v) is 16.2. The van der Waals surface area contributed by atoms with Crippen molar-refractivity contribution in [2.45, 2.75) is 6.18 Å². The van der Waals surface area contributed by atoms with Gasteiger partial charge in [-0.2, -0.15) is 13.2 Å². The Bertz CT molecular complexity index is 1060. The van der Waals surface area contributed by atoms with E-state index in [1.165, 1.54) is 18.2 Å². The maximum atomic E-state index is 13.0. The largest absolute Gasteiger partial charge is 0.418 e. The van der Waals surface area contributed by atoms with Crippen molar-refractivity contribution in [3.63, 3.8) is 0 Å². The standard InChI is InChI=1S/C22H20F3N3O2/c1-28(14-21(30)27-19-11-5-4-10-17(19)22(23,24)25)13-20(29)26-18-12-6-8-15-7-2-3-9-16(15)18/h2-12H,13-14H2,1H3,(H,26,29)(H,27,30)/p+1. The minimum Gasteiger partial charge on any atom is -0.322 e. The Balaban J connectivity index is 1.58. The number of fused-ring (bicyclic) bond motifs is 1. The quantitative estimate of drug-likeness (QED) is 0.579. The molecule has 0 bridgehead atoms. The van der Waals surface area contributed by atoms with Gasteiger partial charge in [-0.3, -0.25) is 9.59 Å². The van der Waals surface area contributed by atoms with Gasteiger partial charge < -0.3 is 15.5 Å². The summed E-state index contributed by atoms with van der Waals surface area (Å²) in [6.07, 6.45) is -4.57. The summed E-state index contributed by atoms with van der Waals surface area (Å²) >= 11 is 0. The third kappa shape index (κ3) is 5.36. The van der Waals surface area contributed by atoms with Gasteiger partial charge >= 0.3 is 6.18 Å². The van der Waals surface area contributed by atoms with Crippen LogP contribution in [0.4, 0.5) is 24.5 Å². The number of hydrogen-bond acceptors (Lipinski definition) is 2. The van der Waals surface area contributed by atoms with Gasteiger partial charge in [-0.15, -0.1) is 0 Å². The summed E-state index contributed by atoms with van der Waals surface area (Å²) in [4.78, 5) is 25.1. The summed E-state index contributed by atoms with van der Waals surface area (Å²) in [6, 6.07) is 17.9. The van der Waals surface area contributed by atoms with E-state index in [4.69, 9.17) is 0 Å². The van der Waals surface area contributed by atoms with Gasteiger partial charge in [0.15, 0.2) is 13.1 Å². The Morgan fingerprint density at radius 2 is 1.33 bits per heavy atom. The van der Waals surface area contributed by atoms with Crippen LogP contribution in [0, 0.1) is 0 Å². The van der Waals surface area contributed by atoms with Crippen LogP contribution >= 0.6 is 0 Å². The highest BCUT2D eigenvalue weighted by atomic mass is 19.4. The van der Waals surface area contributed by atoms with Crippen molar-refractivity contribution in [3.05, 3.63) is 72.3 Å². The fraction of sp³-hybridized carbons (Fsp3) is 0.182. The van der Waals surface area contributed by atoms with E-state index in [-0.39, 0.29) is 24.7 Å². The molecule has 0 spiro atoms. The highest BCUT2D eigenvalue weighted by Crippen LogP contribution is 2.34. The lowest BCUT2D eigenvalue weighted by molar-refractivity contribution is -0.862. The molecule has 2 amide bonds. The molecule has 1 atom stereocenters. The van der Waals surface area contributed by atoms with E-state index in [0.717, 1.165) is 16.8 Å². The molecule has 0 aliphatic heterocycles. The van der Waals surface area contributed by atoms with Crippen molar-refractivity contribution in [3.8, 4) is 0 Å². The smallest absolute Gasteiger partial charge is 0.322 e. The number of anilines is 2. The van der Waals surface area contributed by atoms with E-state index < -0.39 is 17.6 Å². The molecule has 0 fully saturated rings. The van der Waals surface area contributed by atoms with Crippen LogP contribution in [-0.2, 0) is 15.8 Å². The Labute approximate surface area is 171 Å². The number of carbonyl (C=O) groups is 2. The molecule has 8 heteroatoms. The van der Waals surface area contributed by atoms with Crippen LogP contribution < -0.4 is 15.5 Å². The van der Waals surface area contributed by atoms with Crippen molar-refractivity contribution in [2.24, 2.45) is 0 Å². The molecule has 156 valence electrons. The number of alkyl halides is 3. The molecule has 3 rings (SSSR count). The van der Waals surface area contributed by atoms with Crippen LogP contribution in [0.25, 0.3) is 10.8 Å². The number of amides is 2. The SMILES string of the molecule is C[NH+](CC(=O)Nc1ccccc1C(F)(F)F)CC(=O)Nc1cccc2ccccc12. The topological polar surface area (TPSA) is 62.6 Å². The minimum atomic E-state index is -4.57. The van der Waals surface area contributed by atoms with Crippen LogP contribution in [0.5, 0.6) is 0 Å². The zero-order valence-electron chi connectivity index (χ0n) is 16.2. The zero-order chi connectivity index (χ0) is 21.7. The summed E-state index contributed by atoms with van der Waals surface area (Å²) in [6.45, 7) is -0.174. The average molecular weight is 416 g/mol. The van der Waals surface area contributed by atoms with Crippen LogP contribution in [-0.4, -0.2) is 32.0 Å². The number of rotatable bonds is 6. The summed E-state index contributed by atoms with van der Waals surface area (Å²) in [5, 5.41) is 6.99. The fourth-order valence-electron chi connectivity index (χ4n) is 3.17. The van der Waals surface area contributed by atoms with Crippen molar-refractivity contribution in [2.75, 3.05) is 30.8 Å². The molecule has 0 aliphatic carbocycles. The average Bonchev–Trinajstić information content (AvgIpc) is 2.67. The first-order valence-corrected chi connectivity index (χ1v) is 9.29. The molecule has 0 aromatic heterocycles. The molecule has 5 nitrogen and oxygen atoms in total. The molecule has 0 saturated carbocycles. The van der Waals surface area contributed by atoms with Crippen molar-refractivity contribution in [1.82, 2.24) is 0 Å². The second kappa shape index (κ2) is 8.96. The van der Waals surface area contributed by atoms with Gasteiger partial charge in [-0.1, -0.05) is 48.5 Å². The summed E-state index contributed by atoms with van der Waals surface area (Å²) in [7, 11) is 1.62. The molecule has 30 heavy (non-hydrogen) atoms. The number of benzene rings is 3. The number of hydrogen-bond donors (Lipinski definition) is 3. The number of carbonyl (C=O) groups excluding carboxylic acids is 2. The van der Waals surface area contributed by atoms with Gasteiger partial charge in [0.1, 0.15) is 0 Å². The summed E-state index contributed by atoms with van der Waals surface area (Å²) in [5.74, 6) is -0.908. The Morgan fingerprint density at radius 1 is 0.800 bits per heavy atom. The molecule has 3 N–H and O–H groups in total. The first-order valence-electron chi connectivity index (χ1n) is 9.29. The molecule has 0 aliphatic rings. The summed E-state index contributed by atoms with van der Waals surface area (Å²) < 4.78 is 39.1. The first-order chi connectivity index (χ1) is 14.2. The molecule has 3 aromatic carbocycles. The normalized spacial score (nSPS) is 12.4. The van der Waals surface area contributed by atoms with E-state index in [1.54, 1.807) is 13.1 Å². The Kier molecular flexibility index (Phi) is 6.37. The van der Waals surface area contributed by atoms with Gasteiger partial charge in [0.2, 0.25) is 0 Å². The summed E-state index contributed by atoms with van der Waals surface area (Å²) in [5.41, 5.74) is -0.554. The van der Waals surface area contributed by atoms with E-state index >= 15 is 0 Å². The fourth-order valence-corrected chi connectivity index (χ4v) is 3.17. The number of quaternary nitrogens is 1. The lowest BCUT2D eigenvalue weighted by Crippen LogP contribution is -3.11. The van der Waals surface area contributed by atoms with Crippen LogP contribution in [0.15, 0.2) is 66.7 Å². The Morgan fingerprint density at radius 3 is 2.03 bits per heavy atom. The third-order valence-corrected chi connectivity index (χ3v) is 4.49. The van der Waals surface area contributed by atoms with Gasteiger partial charge in [0.25, 0.3) is 11.8 Å².